The van der Waals surface area contributed by atoms with Crippen LogP contribution in [0.5, 0.6) is 0 Å². The fourth-order valence-corrected chi connectivity index (χ4v) is 1.28. The minimum absolute atomic E-state index is 0. The molecule has 3 heteroatoms. The van der Waals surface area contributed by atoms with Crippen molar-refractivity contribution in [2.24, 2.45) is 0 Å². The summed E-state index contributed by atoms with van der Waals surface area (Å²) in [5, 5.41) is 0. The lowest BCUT2D eigenvalue weighted by atomic mass is 10.1. The average Bonchev–Trinajstić information content (AvgIpc) is 1.90. The summed E-state index contributed by atoms with van der Waals surface area (Å²) >= 11 is 0. The van der Waals surface area contributed by atoms with Crippen LogP contribution in [0.1, 0.15) is 26.2 Å². The molecule has 10 heavy (non-hydrogen) atoms. The van der Waals surface area contributed by atoms with Crippen molar-refractivity contribution in [1.29, 1.82) is 0 Å². The Morgan fingerprint density at radius 3 is 1.90 bits per heavy atom. The Balaban J connectivity index is 0. The lowest BCUT2D eigenvalue weighted by molar-refractivity contribution is 0.240. The van der Waals surface area contributed by atoms with E-state index in [2.05, 4.69) is 11.8 Å². The third-order valence-electron chi connectivity index (χ3n) is 1.90. The number of likely N-dealkylation sites (tertiary alicyclic amines) is 1. The van der Waals surface area contributed by atoms with Gasteiger partial charge in [0.15, 0.2) is 0 Å². The van der Waals surface area contributed by atoms with E-state index in [9.17, 15) is 0 Å². The van der Waals surface area contributed by atoms with Crippen LogP contribution < -0.4 is 0 Å². The van der Waals surface area contributed by atoms with E-state index < -0.39 is 0 Å². The molecule has 0 aromatic heterocycles. The van der Waals surface area contributed by atoms with Crippen LogP contribution in [0.2, 0.25) is 0 Å². The van der Waals surface area contributed by atoms with Gasteiger partial charge in [-0.25, -0.2) is 0 Å². The third-order valence-corrected chi connectivity index (χ3v) is 1.90. The van der Waals surface area contributed by atoms with E-state index in [4.69, 9.17) is 0 Å². The van der Waals surface area contributed by atoms with Gasteiger partial charge in [0, 0.05) is 0 Å². The molecule has 1 aliphatic heterocycles. The van der Waals surface area contributed by atoms with Crippen LogP contribution in [0.3, 0.4) is 0 Å². The minimum atomic E-state index is 0. The number of hydrogen-bond acceptors (Lipinski definition) is 1. The zero-order valence-electron chi connectivity index (χ0n) is 6.60. The molecular formula is C7H18ClNO. The van der Waals surface area contributed by atoms with Crippen molar-refractivity contribution in [3.63, 3.8) is 0 Å². The zero-order valence-corrected chi connectivity index (χ0v) is 7.41. The van der Waals surface area contributed by atoms with Gasteiger partial charge in [-0.15, -0.1) is 12.4 Å². The van der Waals surface area contributed by atoms with Crippen LogP contribution in [0.25, 0.3) is 0 Å². The first-order valence-electron chi connectivity index (χ1n) is 3.66. The molecule has 0 aromatic carbocycles. The van der Waals surface area contributed by atoms with E-state index in [1.54, 1.807) is 0 Å². The second-order valence-electron chi connectivity index (χ2n) is 2.49. The Morgan fingerprint density at radius 2 is 1.60 bits per heavy atom. The van der Waals surface area contributed by atoms with Gasteiger partial charge >= 0.3 is 0 Å². The zero-order chi connectivity index (χ0) is 5.82. The first-order chi connectivity index (χ1) is 3.93. The molecule has 0 aromatic rings. The summed E-state index contributed by atoms with van der Waals surface area (Å²) in [4.78, 5) is 2.52. The van der Waals surface area contributed by atoms with E-state index >= 15 is 0 Å². The van der Waals surface area contributed by atoms with Crippen LogP contribution in [0.15, 0.2) is 0 Å². The quantitative estimate of drug-likeness (QED) is 0.576. The van der Waals surface area contributed by atoms with E-state index in [0.717, 1.165) is 0 Å². The first kappa shape index (κ1) is 12.8. The van der Waals surface area contributed by atoms with Gasteiger partial charge in [-0.2, -0.15) is 0 Å². The molecule has 0 aliphatic carbocycles. The lowest BCUT2D eigenvalue weighted by Crippen LogP contribution is -2.29. The predicted molar refractivity (Wildman–Crippen MR) is 46.8 cm³/mol. The molecule has 1 heterocycles. The monoisotopic (exact) mass is 167 g/mol. The molecule has 1 rings (SSSR count). The third kappa shape index (κ3) is 4.09. The maximum atomic E-state index is 2.52. The van der Waals surface area contributed by atoms with Crippen LogP contribution >= 0.6 is 12.4 Å². The number of nitrogens with zero attached hydrogens (tertiary/aromatic N) is 1. The summed E-state index contributed by atoms with van der Waals surface area (Å²) in [6, 6.07) is 0. The second kappa shape index (κ2) is 7.32. The van der Waals surface area contributed by atoms with Crippen molar-refractivity contribution >= 4 is 12.4 Å². The molecule has 0 amide bonds. The molecule has 0 atom stereocenters. The highest BCUT2D eigenvalue weighted by atomic mass is 35.5. The van der Waals surface area contributed by atoms with Crippen molar-refractivity contribution in [3.8, 4) is 0 Å². The predicted octanol–water partition coefficient (Wildman–Crippen LogP) is 1.09. The molecule has 2 N–H and O–H groups in total. The Hall–Kier alpha value is 0.210. The van der Waals surface area contributed by atoms with Crippen LogP contribution in [-0.4, -0.2) is 30.0 Å². The van der Waals surface area contributed by atoms with Crippen LogP contribution in [0.4, 0.5) is 0 Å². The summed E-state index contributed by atoms with van der Waals surface area (Å²) in [7, 11) is 0. The van der Waals surface area contributed by atoms with Gasteiger partial charge < -0.3 is 10.4 Å². The smallest absolute Gasteiger partial charge is 0.00188 e. The van der Waals surface area contributed by atoms with Gasteiger partial charge in [-0.3, -0.25) is 0 Å². The summed E-state index contributed by atoms with van der Waals surface area (Å²) in [6.45, 7) is 6.18. The van der Waals surface area contributed by atoms with E-state index in [1.807, 2.05) is 0 Å². The molecule has 0 bridgehead atoms. The van der Waals surface area contributed by atoms with Gasteiger partial charge in [0.25, 0.3) is 0 Å². The van der Waals surface area contributed by atoms with Crippen LogP contribution in [0, 0.1) is 0 Å². The Labute approximate surface area is 69.3 Å². The second-order valence-corrected chi connectivity index (χ2v) is 2.49. The summed E-state index contributed by atoms with van der Waals surface area (Å²) in [5.74, 6) is 0. The maximum Gasteiger partial charge on any atom is -0.00188 e. The maximum absolute atomic E-state index is 2.52. The Bertz CT molecular complexity index is 64.6. The standard InChI is InChI=1S/C7H15N.ClH.H2O/c1-2-8-6-4-3-5-7-8;;/h2-7H2,1H3;1H;1H2. The van der Waals surface area contributed by atoms with E-state index in [1.165, 1.54) is 38.9 Å². The highest BCUT2D eigenvalue weighted by Crippen LogP contribution is 2.06. The number of halogens is 1. The van der Waals surface area contributed by atoms with Crippen molar-refractivity contribution in [2.45, 2.75) is 26.2 Å². The highest BCUT2D eigenvalue weighted by molar-refractivity contribution is 5.85. The molecule has 64 valence electrons. The van der Waals surface area contributed by atoms with Crippen molar-refractivity contribution in [2.75, 3.05) is 19.6 Å². The van der Waals surface area contributed by atoms with Gasteiger partial charge in [-0.05, 0) is 32.5 Å². The first-order valence-corrected chi connectivity index (χ1v) is 3.66. The minimum Gasteiger partial charge on any atom is -0.412 e. The molecule has 1 aliphatic rings. The van der Waals surface area contributed by atoms with Crippen molar-refractivity contribution in [3.05, 3.63) is 0 Å². The molecule has 0 spiro atoms. The van der Waals surface area contributed by atoms with Gasteiger partial charge in [-0.1, -0.05) is 13.3 Å². The molecule has 1 saturated heterocycles. The summed E-state index contributed by atoms with van der Waals surface area (Å²) in [5.41, 5.74) is 0. The summed E-state index contributed by atoms with van der Waals surface area (Å²) < 4.78 is 0. The van der Waals surface area contributed by atoms with E-state index in [0.29, 0.717) is 0 Å². The van der Waals surface area contributed by atoms with Crippen molar-refractivity contribution < 1.29 is 5.48 Å². The Kier molecular flexibility index (Phi) is 9.40. The topological polar surface area (TPSA) is 34.7 Å². The SMILES string of the molecule is CCN1CCCCC1.Cl.O. The van der Waals surface area contributed by atoms with E-state index in [-0.39, 0.29) is 17.9 Å². The number of piperidine rings is 1. The normalized spacial score (nSPS) is 18.9. The molecule has 0 unspecified atom stereocenters. The molecule has 0 saturated carbocycles. The fourth-order valence-electron chi connectivity index (χ4n) is 1.28. The highest BCUT2D eigenvalue weighted by Gasteiger charge is 2.05. The lowest BCUT2D eigenvalue weighted by Gasteiger charge is -2.24. The molecular weight excluding hydrogens is 150 g/mol. The number of rotatable bonds is 1. The van der Waals surface area contributed by atoms with Crippen LogP contribution in [-0.2, 0) is 0 Å². The van der Waals surface area contributed by atoms with Gasteiger partial charge in [0.1, 0.15) is 0 Å². The Morgan fingerprint density at radius 1 is 1.10 bits per heavy atom. The molecule has 1 fully saturated rings. The van der Waals surface area contributed by atoms with Gasteiger partial charge in [0.2, 0.25) is 0 Å². The number of hydrogen-bond donors (Lipinski definition) is 0. The largest absolute Gasteiger partial charge is 0.412 e. The van der Waals surface area contributed by atoms with Gasteiger partial charge in [0.05, 0.1) is 0 Å². The molecule has 2 nitrogen and oxygen atoms in total. The summed E-state index contributed by atoms with van der Waals surface area (Å²) in [6.07, 6.45) is 4.30. The molecule has 0 radical (unpaired) electrons. The average molecular weight is 168 g/mol. The van der Waals surface area contributed by atoms with Crippen molar-refractivity contribution in [1.82, 2.24) is 4.90 Å². The fraction of sp³-hybridized carbons (Fsp3) is 1.00.